The van der Waals surface area contributed by atoms with Gasteiger partial charge in [-0.2, -0.15) is 0 Å². The monoisotopic (exact) mass is 457 g/mol. The minimum Gasteiger partial charge on any atom is -0.496 e. The van der Waals surface area contributed by atoms with Crippen LogP contribution in [0.5, 0.6) is 5.75 Å². The number of rotatable bonds is 4. The van der Waals surface area contributed by atoms with Gasteiger partial charge in [0.15, 0.2) is 17.2 Å². The highest BCUT2D eigenvalue weighted by Gasteiger charge is 2.21. The summed E-state index contributed by atoms with van der Waals surface area (Å²) in [4.78, 5) is 35.9. The number of amides is 1. The van der Waals surface area contributed by atoms with Crippen molar-refractivity contribution in [1.29, 1.82) is 0 Å². The number of halogens is 2. The van der Waals surface area contributed by atoms with E-state index in [0.717, 1.165) is 4.47 Å². The minimum atomic E-state index is -0.833. The molecular weight excluding hydrogens is 445 g/mol. The third-order valence-electron chi connectivity index (χ3n) is 4.26. The molecule has 0 spiro atoms. The van der Waals surface area contributed by atoms with Crippen molar-refractivity contribution in [1.82, 2.24) is 19.5 Å². The Bertz CT molecular complexity index is 1310. The molecule has 0 radical (unpaired) electrons. The molecule has 0 saturated carbocycles. The van der Waals surface area contributed by atoms with Crippen molar-refractivity contribution in [3.8, 4) is 22.8 Å². The highest BCUT2D eigenvalue weighted by molar-refractivity contribution is 9.10. The fourth-order valence-corrected chi connectivity index (χ4v) is 3.33. The zero-order valence-corrected chi connectivity index (χ0v) is 16.5. The highest BCUT2D eigenvalue weighted by Crippen LogP contribution is 2.32. The zero-order chi connectivity index (χ0) is 20.7. The van der Waals surface area contributed by atoms with Gasteiger partial charge >= 0.3 is 5.69 Å². The molecule has 0 fully saturated rings. The standard InChI is InChI=1S/C19H13BrFN5O3/c1-29-13-7-2-9(20)8-12(13)17-23-14(16(22)27)15-18(25-17)26(19(28)24-15)11-5-3-10(21)4-6-11/h2-8H,1H3,(H2,22,27)(H,24,28). The SMILES string of the molecule is COc1ccc(Br)cc1-c1nc(C(N)=O)c2[nH]c(=O)n(-c3ccc(F)cc3)c2n1. The number of nitrogens with two attached hydrogens (primary N) is 1. The number of benzene rings is 2. The van der Waals surface area contributed by atoms with Crippen LogP contribution in [0.25, 0.3) is 28.2 Å². The van der Waals surface area contributed by atoms with E-state index in [9.17, 15) is 14.0 Å². The van der Waals surface area contributed by atoms with Crippen molar-refractivity contribution in [2.45, 2.75) is 0 Å². The van der Waals surface area contributed by atoms with Gasteiger partial charge in [0.25, 0.3) is 5.91 Å². The van der Waals surface area contributed by atoms with Gasteiger partial charge < -0.3 is 15.5 Å². The second-order valence-corrected chi connectivity index (χ2v) is 6.96. The molecule has 146 valence electrons. The molecule has 2 heterocycles. The van der Waals surface area contributed by atoms with Crippen LogP contribution < -0.4 is 16.2 Å². The number of aromatic amines is 1. The molecule has 0 atom stereocenters. The number of H-pyrrole nitrogens is 1. The fraction of sp³-hybridized carbons (Fsp3) is 0.0526. The molecule has 0 saturated heterocycles. The number of carbonyl (C=O) groups excluding carboxylic acids is 1. The van der Waals surface area contributed by atoms with Gasteiger partial charge in [-0.1, -0.05) is 15.9 Å². The molecule has 2 aromatic carbocycles. The van der Waals surface area contributed by atoms with Crippen LogP contribution in [0, 0.1) is 5.82 Å². The van der Waals surface area contributed by atoms with Crippen LogP contribution in [0.1, 0.15) is 10.5 Å². The van der Waals surface area contributed by atoms with Crippen molar-refractivity contribution >= 4 is 33.0 Å². The number of ether oxygens (including phenoxy) is 1. The van der Waals surface area contributed by atoms with Gasteiger partial charge in [-0.05, 0) is 42.5 Å². The summed E-state index contributed by atoms with van der Waals surface area (Å²) in [7, 11) is 1.49. The van der Waals surface area contributed by atoms with Crippen molar-refractivity contribution in [2.24, 2.45) is 5.73 Å². The normalized spacial score (nSPS) is 11.0. The summed E-state index contributed by atoms with van der Waals surface area (Å²) in [5.74, 6) is -0.678. The van der Waals surface area contributed by atoms with E-state index in [0.29, 0.717) is 17.0 Å². The van der Waals surface area contributed by atoms with E-state index in [2.05, 4.69) is 30.9 Å². The molecule has 1 amide bonds. The first kappa shape index (κ1) is 18.8. The molecule has 3 N–H and O–H groups in total. The molecule has 0 bridgehead atoms. The molecule has 0 aliphatic heterocycles. The van der Waals surface area contributed by atoms with E-state index in [1.165, 1.54) is 35.9 Å². The highest BCUT2D eigenvalue weighted by atomic mass is 79.9. The van der Waals surface area contributed by atoms with E-state index in [4.69, 9.17) is 10.5 Å². The summed E-state index contributed by atoms with van der Waals surface area (Å²) < 4.78 is 20.6. The zero-order valence-electron chi connectivity index (χ0n) is 14.9. The third-order valence-corrected chi connectivity index (χ3v) is 4.75. The van der Waals surface area contributed by atoms with Crippen molar-refractivity contribution in [3.05, 3.63) is 68.9 Å². The summed E-state index contributed by atoms with van der Waals surface area (Å²) in [6, 6.07) is 10.5. The maximum Gasteiger partial charge on any atom is 0.332 e. The first-order valence-electron chi connectivity index (χ1n) is 8.31. The largest absolute Gasteiger partial charge is 0.496 e. The maximum atomic E-state index is 13.3. The average Bonchev–Trinajstić information content (AvgIpc) is 3.03. The Balaban J connectivity index is 2.08. The van der Waals surface area contributed by atoms with Gasteiger partial charge in [-0.15, -0.1) is 0 Å². The molecule has 10 heteroatoms. The number of nitrogens with one attached hydrogen (secondary N) is 1. The van der Waals surface area contributed by atoms with Crippen LogP contribution in [0.2, 0.25) is 0 Å². The Morgan fingerprint density at radius 2 is 1.93 bits per heavy atom. The fourth-order valence-electron chi connectivity index (χ4n) is 2.97. The van der Waals surface area contributed by atoms with E-state index >= 15 is 0 Å². The summed E-state index contributed by atoms with van der Waals surface area (Å²) in [6.45, 7) is 0. The number of fused-ring (bicyclic) bond motifs is 1. The van der Waals surface area contributed by atoms with Gasteiger partial charge in [-0.25, -0.2) is 23.7 Å². The van der Waals surface area contributed by atoms with Gasteiger partial charge in [0.05, 0.1) is 18.4 Å². The lowest BCUT2D eigenvalue weighted by Crippen LogP contribution is -2.15. The minimum absolute atomic E-state index is 0.0875. The molecule has 2 aromatic heterocycles. The Hall–Kier alpha value is -3.53. The number of imidazole rings is 1. The van der Waals surface area contributed by atoms with Crippen molar-refractivity contribution in [2.75, 3.05) is 7.11 Å². The molecule has 0 unspecified atom stereocenters. The summed E-state index contributed by atoms with van der Waals surface area (Å²) in [5.41, 5.74) is 5.85. The number of carbonyl (C=O) groups is 1. The van der Waals surface area contributed by atoms with Gasteiger partial charge in [0.1, 0.15) is 17.1 Å². The van der Waals surface area contributed by atoms with Gasteiger partial charge in [0, 0.05) is 4.47 Å². The van der Waals surface area contributed by atoms with Crippen LogP contribution in [-0.4, -0.2) is 32.5 Å². The second-order valence-electron chi connectivity index (χ2n) is 6.05. The third kappa shape index (κ3) is 3.27. The number of hydrogen-bond acceptors (Lipinski definition) is 5. The Kier molecular flexibility index (Phi) is 4.63. The maximum absolute atomic E-state index is 13.3. The first-order valence-corrected chi connectivity index (χ1v) is 9.10. The topological polar surface area (TPSA) is 116 Å². The van der Waals surface area contributed by atoms with Crippen LogP contribution in [0.4, 0.5) is 4.39 Å². The number of primary amides is 1. The molecule has 4 rings (SSSR count). The number of hydrogen-bond donors (Lipinski definition) is 2. The Morgan fingerprint density at radius 1 is 1.21 bits per heavy atom. The van der Waals surface area contributed by atoms with E-state index < -0.39 is 17.4 Å². The second kappa shape index (κ2) is 7.13. The lowest BCUT2D eigenvalue weighted by atomic mass is 10.1. The van der Waals surface area contributed by atoms with Crippen LogP contribution in [0.15, 0.2) is 51.7 Å². The number of methoxy groups -OCH3 is 1. The predicted molar refractivity (Wildman–Crippen MR) is 108 cm³/mol. The summed E-state index contributed by atoms with van der Waals surface area (Å²) in [6.07, 6.45) is 0. The molecule has 8 nitrogen and oxygen atoms in total. The van der Waals surface area contributed by atoms with Crippen LogP contribution in [-0.2, 0) is 0 Å². The van der Waals surface area contributed by atoms with E-state index in [1.54, 1.807) is 18.2 Å². The molecule has 29 heavy (non-hydrogen) atoms. The summed E-state index contributed by atoms with van der Waals surface area (Å²) >= 11 is 3.38. The molecule has 0 aliphatic rings. The van der Waals surface area contributed by atoms with Crippen molar-refractivity contribution in [3.63, 3.8) is 0 Å². The molecular formula is C19H13BrFN5O3. The van der Waals surface area contributed by atoms with Crippen LogP contribution in [0.3, 0.4) is 0 Å². The Morgan fingerprint density at radius 3 is 2.59 bits per heavy atom. The first-order chi connectivity index (χ1) is 13.9. The number of aromatic nitrogens is 4. The predicted octanol–water partition coefficient (Wildman–Crippen LogP) is 2.78. The van der Waals surface area contributed by atoms with Gasteiger partial charge in [-0.3, -0.25) is 4.79 Å². The average molecular weight is 458 g/mol. The van der Waals surface area contributed by atoms with Gasteiger partial charge in [0.2, 0.25) is 0 Å². The lowest BCUT2D eigenvalue weighted by Gasteiger charge is -2.10. The molecule has 0 aliphatic carbocycles. The molecule has 4 aromatic rings. The summed E-state index contributed by atoms with van der Waals surface area (Å²) in [5, 5.41) is 0. The smallest absolute Gasteiger partial charge is 0.332 e. The Labute approximate surface area is 171 Å². The van der Waals surface area contributed by atoms with E-state index in [1.807, 2.05) is 0 Å². The van der Waals surface area contributed by atoms with E-state index in [-0.39, 0.29) is 22.7 Å². The lowest BCUT2D eigenvalue weighted by molar-refractivity contribution is 0.0997. The number of nitrogens with zero attached hydrogens (tertiary/aromatic N) is 3. The van der Waals surface area contributed by atoms with Crippen molar-refractivity contribution < 1.29 is 13.9 Å². The van der Waals surface area contributed by atoms with Crippen LogP contribution >= 0.6 is 15.9 Å². The quantitative estimate of drug-likeness (QED) is 0.488.